The van der Waals surface area contributed by atoms with Gasteiger partial charge in [-0.25, -0.2) is 4.98 Å². The number of H-pyrrole nitrogens is 1. The number of aliphatic hydroxyl groups is 1. The maximum absolute atomic E-state index is 13.3. The highest BCUT2D eigenvalue weighted by atomic mass is 19.4. The average Bonchev–Trinajstić information content (AvgIpc) is 3.66. The number of anilines is 2. The van der Waals surface area contributed by atoms with Crippen molar-refractivity contribution < 1.29 is 41.0 Å². The number of ketones is 1. The second-order valence-corrected chi connectivity index (χ2v) is 11.2. The lowest BCUT2D eigenvalue weighted by Gasteiger charge is -2.39. The van der Waals surface area contributed by atoms with E-state index >= 15 is 0 Å². The maximum atomic E-state index is 13.3. The molecule has 0 aromatic carbocycles. The topological polar surface area (TPSA) is 181 Å². The zero-order chi connectivity index (χ0) is 32.6. The van der Waals surface area contributed by atoms with E-state index in [1.807, 2.05) is 0 Å². The first kappa shape index (κ1) is 30.3. The van der Waals surface area contributed by atoms with Crippen LogP contribution in [0, 0.1) is 0 Å². The van der Waals surface area contributed by atoms with E-state index in [9.17, 15) is 41.0 Å². The molecule has 12 nitrogen and oxygen atoms in total. The van der Waals surface area contributed by atoms with E-state index in [1.54, 1.807) is 4.90 Å². The van der Waals surface area contributed by atoms with Gasteiger partial charge < -0.3 is 21.5 Å². The lowest BCUT2D eigenvalue weighted by Crippen LogP contribution is -2.54. The molecule has 45 heavy (non-hydrogen) atoms. The third-order valence-electron chi connectivity index (χ3n) is 8.51. The Kier molecular flexibility index (Phi) is 6.83. The van der Waals surface area contributed by atoms with Crippen molar-refractivity contribution in [2.75, 3.05) is 11.5 Å². The third-order valence-corrected chi connectivity index (χ3v) is 8.51. The number of amides is 1. The number of alkyl halides is 6. The number of carbonyl (C=O) groups is 2. The van der Waals surface area contributed by atoms with E-state index in [4.69, 9.17) is 16.5 Å². The summed E-state index contributed by atoms with van der Waals surface area (Å²) < 4.78 is 81.2. The van der Waals surface area contributed by atoms with E-state index < -0.39 is 29.4 Å². The summed E-state index contributed by atoms with van der Waals surface area (Å²) in [5, 5.41) is 20.3. The highest BCUT2D eigenvalue weighted by Crippen LogP contribution is 2.50. The molecular weight excluding hydrogens is 612 g/mol. The molecule has 2 saturated heterocycles. The number of nitrogen functional groups attached to an aromatic ring is 2. The smallest absolute Gasteiger partial charge is 0.383 e. The number of nitrogens with one attached hydrogen (secondary N) is 1. The second-order valence-electron chi connectivity index (χ2n) is 11.2. The van der Waals surface area contributed by atoms with Crippen molar-refractivity contribution in [2.45, 2.75) is 68.6 Å². The molecule has 2 bridgehead atoms. The van der Waals surface area contributed by atoms with Crippen molar-refractivity contribution in [3.05, 3.63) is 53.2 Å². The van der Waals surface area contributed by atoms with Gasteiger partial charge in [0.1, 0.15) is 17.3 Å². The molecule has 2 aliphatic rings. The van der Waals surface area contributed by atoms with E-state index in [-0.39, 0.29) is 63.6 Å². The van der Waals surface area contributed by atoms with Gasteiger partial charge in [-0.05, 0) is 38.7 Å². The normalized spacial score (nSPS) is 20.6. The first-order valence-electron chi connectivity index (χ1n) is 13.7. The summed E-state index contributed by atoms with van der Waals surface area (Å²) in [4.78, 5) is 35.9. The molecular formula is C27H25F6N9O3. The monoisotopic (exact) mass is 637 g/mol. The van der Waals surface area contributed by atoms with Crippen molar-refractivity contribution in [2.24, 2.45) is 0 Å². The SMILES string of the molecule is CC(=O)c1c([C@H]2C[C@H]3CC[C@@H](C2)N3C(=O)c2cc(N)n[nH]2)nc2c(-c3ccc(C(O)(C(F)(F)F)C(F)(F)F)nc3)cnn2c1N. The number of rotatable bonds is 5. The summed E-state index contributed by atoms with van der Waals surface area (Å²) in [5.41, 5.74) is 6.20. The Bertz CT molecular complexity index is 1790. The Morgan fingerprint density at radius 3 is 2.18 bits per heavy atom. The third kappa shape index (κ3) is 4.65. The van der Waals surface area contributed by atoms with Crippen LogP contribution in [0.25, 0.3) is 16.8 Å². The minimum Gasteiger partial charge on any atom is -0.383 e. The number of nitrogens with two attached hydrogens (primary N) is 2. The Morgan fingerprint density at radius 2 is 1.67 bits per heavy atom. The molecule has 6 rings (SSSR count). The number of carbonyl (C=O) groups excluding carboxylic acids is 2. The molecule has 4 aromatic rings. The molecule has 2 aliphatic heterocycles. The van der Waals surface area contributed by atoms with E-state index in [2.05, 4.69) is 20.3 Å². The second kappa shape index (κ2) is 10.1. The minimum atomic E-state index is -6.09. The fraction of sp³-hybridized carbons (Fsp3) is 0.407. The number of hydrogen-bond donors (Lipinski definition) is 4. The van der Waals surface area contributed by atoms with Gasteiger partial charge in [0, 0.05) is 41.4 Å². The lowest BCUT2D eigenvalue weighted by atomic mass is 9.85. The quantitative estimate of drug-likeness (QED) is 0.187. The van der Waals surface area contributed by atoms with Crippen molar-refractivity contribution in [3.8, 4) is 11.1 Å². The molecule has 18 heteroatoms. The molecule has 0 spiro atoms. The zero-order valence-corrected chi connectivity index (χ0v) is 23.3. The Balaban J connectivity index is 1.38. The summed E-state index contributed by atoms with van der Waals surface area (Å²) in [6, 6.07) is 2.42. The molecule has 0 radical (unpaired) electrons. The summed E-state index contributed by atoms with van der Waals surface area (Å²) >= 11 is 0. The summed E-state index contributed by atoms with van der Waals surface area (Å²) in [6.07, 6.45) is -7.90. The Morgan fingerprint density at radius 1 is 1.02 bits per heavy atom. The van der Waals surface area contributed by atoms with Crippen molar-refractivity contribution in [1.82, 2.24) is 34.7 Å². The standard InChI is InChI=1S/C27H25F6N9O3/c1-11(43)20-21(13-6-14-3-4-15(7-13)41(14)24(44)17-8-19(34)40-39-17)38-23-16(10-37-42(23)22(20)35)12-2-5-18(36-9-12)25(45,26(28,29)30)27(31,32)33/h2,5,8-10,13-15,45H,3-4,6-7,35H2,1H3,(H3,34,39,40)/t13-,14+,15-. The number of Topliss-reactive ketones (excluding diaryl/α,β-unsaturated/α-hetero) is 1. The number of pyridine rings is 1. The molecule has 6 heterocycles. The number of nitrogens with zero attached hydrogens (tertiary/aromatic N) is 6. The van der Waals surface area contributed by atoms with E-state index in [0.717, 1.165) is 16.8 Å². The maximum Gasteiger partial charge on any atom is 0.432 e. The van der Waals surface area contributed by atoms with Crippen molar-refractivity contribution >= 4 is 29.0 Å². The van der Waals surface area contributed by atoms with E-state index in [0.29, 0.717) is 37.4 Å². The van der Waals surface area contributed by atoms with Crippen LogP contribution in [0.15, 0.2) is 30.6 Å². The van der Waals surface area contributed by atoms with Crippen molar-refractivity contribution in [3.63, 3.8) is 0 Å². The number of piperidine rings is 1. The van der Waals surface area contributed by atoms with E-state index in [1.165, 1.54) is 19.2 Å². The number of hydrogen-bond acceptors (Lipinski definition) is 9. The Hall–Kier alpha value is -4.74. The van der Waals surface area contributed by atoms with Crippen LogP contribution in [0.2, 0.25) is 0 Å². The number of halogens is 6. The molecule has 3 atom stereocenters. The molecule has 238 valence electrons. The average molecular weight is 638 g/mol. The van der Waals surface area contributed by atoms with Crippen LogP contribution in [-0.2, 0) is 5.60 Å². The van der Waals surface area contributed by atoms with Crippen LogP contribution in [0.4, 0.5) is 38.0 Å². The van der Waals surface area contributed by atoms with Gasteiger partial charge in [0.2, 0.25) is 0 Å². The van der Waals surface area contributed by atoms with Gasteiger partial charge in [0.25, 0.3) is 11.5 Å². The number of fused-ring (bicyclic) bond motifs is 3. The van der Waals surface area contributed by atoms with Gasteiger partial charge in [-0.1, -0.05) is 6.07 Å². The van der Waals surface area contributed by atoms with Crippen LogP contribution in [0.5, 0.6) is 0 Å². The first-order valence-corrected chi connectivity index (χ1v) is 13.7. The van der Waals surface area contributed by atoms with Crippen LogP contribution < -0.4 is 11.5 Å². The first-order chi connectivity index (χ1) is 21.0. The predicted molar refractivity (Wildman–Crippen MR) is 145 cm³/mol. The predicted octanol–water partition coefficient (Wildman–Crippen LogP) is 3.74. The Labute approximate surface area is 249 Å². The van der Waals surface area contributed by atoms with Crippen LogP contribution in [0.3, 0.4) is 0 Å². The van der Waals surface area contributed by atoms with Crippen LogP contribution in [-0.4, -0.2) is 75.9 Å². The number of aromatic amines is 1. The molecule has 0 unspecified atom stereocenters. The molecule has 2 fully saturated rings. The van der Waals surface area contributed by atoms with Gasteiger partial charge in [-0.3, -0.25) is 19.7 Å². The van der Waals surface area contributed by atoms with Gasteiger partial charge >= 0.3 is 12.4 Å². The molecule has 0 saturated carbocycles. The molecule has 1 amide bonds. The summed E-state index contributed by atoms with van der Waals surface area (Å²) in [5.74, 6) is -0.839. The van der Waals surface area contributed by atoms with Gasteiger partial charge in [0.05, 0.1) is 23.1 Å². The molecule has 0 aliphatic carbocycles. The largest absolute Gasteiger partial charge is 0.432 e. The summed E-state index contributed by atoms with van der Waals surface area (Å²) in [7, 11) is 0. The molecule has 4 aromatic heterocycles. The number of aromatic nitrogens is 6. The van der Waals surface area contributed by atoms with Gasteiger partial charge in [-0.15, -0.1) is 0 Å². The van der Waals surface area contributed by atoms with Crippen LogP contribution in [0.1, 0.15) is 70.8 Å². The zero-order valence-electron chi connectivity index (χ0n) is 23.3. The highest BCUT2D eigenvalue weighted by Gasteiger charge is 2.72. The fourth-order valence-electron chi connectivity index (χ4n) is 6.43. The van der Waals surface area contributed by atoms with Gasteiger partial charge in [-0.2, -0.15) is 41.1 Å². The molecule has 6 N–H and O–H groups in total. The fourth-order valence-corrected chi connectivity index (χ4v) is 6.43. The minimum absolute atomic E-state index is 0.0354. The lowest BCUT2D eigenvalue weighted by molar-refractivity contribution is -0.377. The summed E-state index contributed by atoms with van der Waals surface area (Å²) in [6.45, 7) is 1.31. The highest BCUT2D eigenvalue weighted by molar-refractivity contribution is 6.00. The van der Waals surface area contributed by atoms with Crippen molar-refractivity contribution in [1.29, 1.82) is 0 Å². The van der Waals surface area contributed by atoms with Crippen LogP contribution >= 0.6 is 0 Å². The van der Waals surface area contributed by atoms with Gasteiger partial charge in [0.15, 0.2) is 11.4 Å².